The normalized spacial score (nSPS) is 9.92. The highest BCUT2D eigenvalue weighted by Crippen LogP contribution is 2.27. The molecule has 5 heteroatoms. The van der Waals surface area contributed by atoms with Gasteiger partial charge in [-0.05, 0) is 19.4 Å². The lowest BCUT2D eigenvalue weighted by molar-refractivity contribution is -0.385. The monoisotopic (exact) mass is 186 g/mol. The Hall–Kier alpha value is -1.16. The largest absolute Gasteiger partial charge is 0.309 e. The average molecular weight is 187 g/mol. The Morgan fingerprint density at radius 2 is 2.17 bits per heavy atom. The van der Waals surface area contributed by atoms with Gasteiger partial charge in [-0.1, -0.05) is 11.6 Å². The van der Waals surface area contributed by atoms with E-state index in [4.69, 9.17) is 11.6 Å². The van der Waals surface area contributed by atoms with E-state index in [9.17, 15) is 10.1 Å². The summed E-state index contributed by atoms with van der Waals surface area (Å²) in [5.41, 5.74) is 1.24. The number of aryl methyl sites for hydroxylation is 1. The molecule has 1 aromatic rings. The summed E-state index contributed by atoms with van der Waals surface area (Å²) in [6.45, 7) is 3.41. The molecule has 0 atom stereocenters. The Balaban J connectivity index is 3.43. The van der Waals surface area contributed by atoms with Gasteiger partial charge >= 0.3 is 5.69 Å². The van der Waals surface area contributed by atoms with Crippen molar-refractivity contribution in [2.45, 2.75) is 13.8 Å². The molecule has 1 heterocycles. The zero-order valence-electron chi connectivity index (χ0n) is 6.67. The molecule has 4 nitrogen and oxygen atoms in total. The quantitative estimate of drug-likeness (QED) is 0.384. The van der Waals surface area contributed by atoms with Crippen molar-refractivity contribution in [2.75, 3.05) is 0 Å². The van der Waals surface area contributed by atoms with Crippen LogP contribution in [0.2, 0.25) is 5.15 Å². The van der Waals surface area contributed by atoms with Gasteiger partial charge in [0.05, 0.1) is 4.92 Å². The second kappa shape index (κ2) is 3.06. The molecule has 0 spiro atoms. The molecule has 0 bridgehead atoms. The van der Waals surface area contributed by atoms with Gasteiger partial charge in [-0.15, -0.1) is 0 Å². The molecular formula is C7H7ClN2O2. The molecule has 0 fully saturated rings. The third kappa shape index (κ3) is 1.38. The van der Waals surface area contributed by atoms with Gasteiger partial charge in [-0.25, -0.2) is 4.98 Å². The van der Waals surface area contributed by atoms with Crippen LogP contribution in [-0.4, -0.2) is 9.91 Å². The second-order valence-electron chi connectivity index (χ2n) is 2.46. The first-order chi connectivity index (χ1) is 5.54. The Morgan fingerprint density at radius 1 is 1.58 bits per heavy atom. The number of pyridine rings is 1. The minimum atomic E-state index is -0.516. The summed E-state index contributed by atoms with van der Waals surface area (Å²) >= 11 is 5.54. The predicted molar refractivity (Wildman–Crippen MR) is 45.4 cm³/mol. The minimum absolute atomic E-state index is 0.0527. The minimum Gasteiger partial charge on any atom is -0.258 e. The molecule has 1 aromatic heterocycles. The summed E-state index contributed by atoms with van der Waals surface area (Å²) in [7, 11) is 0. The lowest BCUT2D eigenvalue weighted by atomic mass is 10.1. The van der Waals surface area contributed by atoms with Crippen molar-refractivity contribution in [1.82, 2.24) is 4.98 Å². The van der Waals surface area contributed by atoms with Crippen molar-refractivity contribution in [3.63, 3.8) is 0 Å². The maximum Gasteiger partial charge on any atom is 0.309 e. The van der Waals surface area contributed by atoms with E-state index in [0.717, 1.165) is 5.56 Å². The fourth-order valence-corrected chi connectivity index (χ4v) is 1.12. The third-order valence-corrected chi connectivity index (χ3v) is 1.97. The predicted octanol–water partition coefficient (Wildman–Crippen LogP) is 2.26. The molecule has 0 radical (unpaired) electrons. The van der Waals surface area contributed by atoms with Crippen LogP contribution in [0.4, 0.5) is 5.69 Å². The zero-order valence-corrected chi connectivity index (χ0v) is 7.42. The van der Waals surface area contributed by atoms with Crippen LogP contribution in [0, 0.1) is 24.0 Å². The first kappa shape index (κ1) is 8.93. The van der Waals surface area contributed by atoms with E-state index in [2.05, 4.69) is 4.98 Å². The molecule has 12 heavy (non-hydrogen) atoms. The third-order valence-electron chi connectivity index (χ3n) is 1.70. The van der Waals surface area contributed by atoms with Crippen LogP contribution in [0.5, 0.6) is 0 Å². The van der Waals surface area contributed by atoms with Crippen molar-refractivity contribution in [3.05, 3.63) is 32.6 Å². The maximum absolute atomic E-state index is 10.5. The summed E-state index contributed by atoms with van der Waals surface area (Å²) in [4.78, 5) is 13.6. The SMILES string of the molecule is Cc1cnc(Cl)c([N+](=O)[O-])c1C. The van der Waals surface area contributed by atoms with Gasteiger partial charge in [-0.3, -0.25) is 10.1 Å². The molecule has 0 aliphatic rings. The Labute approximate surface area is 74.3 Å². The van der Waals surface area contributed by atoms with Crippen LogP contribution < -0.4 is 0 Å². The first-order valence-electron chi connectivity index (χ1n) is 3.30. The summed E-state index contributed by atoms with van der Waals surface area (Å²) < 4.78 is 0. The summed E-state index contributed by atoms with van der Waals surface area (Å²) in [5.74, 6) is 0. The van der Waals surface area contributed by atoms with Crippen LogP contribution in [0.25, 0.3) is 0 Å². The van der Waals surface area contributed by atoms with Crippen molar-refractivity contribution >= 4 is 17.3 Å². The molecule has 0 amide bonds. The number of rotatable bonds is 1. The number of nitro groups is 1. The molecule has 0 aromatic carbocycles. The Morgan fingerprint density at radius 3 is 2.58 bits per heavy atom. The van der Waals surface area contributed by atoms with E-state index in [1.165, 1.54) is 6.20 Å². The van der Waals surface area contributed by atoms with Gasteiger partial charge in [0.25, 0.3) is 0 Å². The molecule has 0 unspecified atom stereocenters. The van der Waals surface area contributed by atoms with Gasteiger partial charge < -0.3 is 0 Å². The standard InChI is InChI=1S/C7H7ClN2O2/c1-4-3-9-7(8)6(5(4)2)10(11)12/h3H,1-2H3. The van der Waals surface area contributed by atoms with Gasteiger partial charge in [-0.2, -0.15) is 0 Å². The van der Waals surface area contributed by atoms with Crippen LogP contribution in [-0.2, 0) is 0 Å². The van der Waals surface area contributed by atoms with Crippen LogP contribution in [0.1, 0.15) is 11.1 Å². The average Bonchev–Trinajstić information content (AvgIpc) is 1.97. The van der Waals surface area contributed by atoms with E-state index >= 15 is 0 Å². The number of hydrogen-bond donors (Lipinski definition) is 0. The van der Waals surface area contributed by atoms with Gasteiger partial charge in [0.2, 0.25) is 5.15 Å². The van der Waals surface area contributed by atoms with E-state index in [-0.39, 0.29) is 10.8 Å². The smallest absolute Gasteiger partial charge is 0.258 e. The second-order valence-corrected chi connectivity index (χ2v) is 2.82. The van der Waals surface area contributed by atoms with Crippen LogP contribution >= 0.6 is 11.6 Å². The molecule has 0 aliphatic heterocycles. The van der Waals surface area contributed by atoms with Crippen molar-refractivity contribution in [2.24, 2.45) is 0 Å². The lowest BCUT2D eigenvalue weighted by Gasteiger charge is -2.00. The van der Waals surface area contributed by atoms with Crippen LogP contribution in [0.15, 0.2) is 6.20 Å². The van der Waals surface area contributed by atoms with Gasteiger partial charge in [0.15, 0.2) is 0 Å². The van der Waals surface area contributed by atoms with Crippen LogP contribution in [0.3, 0.4) is 0 Å². The number of hydrogen-bond acceptors (Lipinski definition) is 3. The molecule has 64 valence electrons. The summed E-state index contributed by atoms with van der Waals surface area (Å²) in [6.07, 6.45) is 1.52. The summed E-state index contributed by atoms with van der Waals surface area (Å²) in [6, 6.07) is 0. The first-order valence-corrected chi connectivity index (χ1v) is 3.68. The molecule has 1 rings (SSSR count). The topological polar surface area (TPSA) is 56.0 Å². The number of aromatic nitrogens is 1. The number of nitrogens with zero attached hydrogens (tertiary/aromatic N) is 2. The van der Waals surface area contributed by atoms with E-state index in [0.29, 0.717) is 5.56 Å². The van der Waals surface area contributed by atoms with Gasteiger partial charge in [0.1, 0.15) is 0 Å². The molecular weight excluding hydrogens is 180 g/mol. The van der Waals surface area contributed by atoms with E-state index < -0.39 is 4.92 Å². The fraction of sp³-hybridized carbons (Fsp3) is 0.286. The lowest BCUT2D eigenvalue weighted by Crippen LogP contribution is -1.96. The molecule has 0 saturated carbocycles. The van der Waals surface area contributed by atoms with Crippen molar-refractivity contribution < 1.29 is 4.92 Å². The highest BCUT2D eigenvalue weighted by atomic mass is 35.5. The highest BCUT2D eigenvalue weighted by molar-refractivity contribution is 6.31. The van der Waals surface area contributed by atoms with E-state index in [1.54, 1.807) is 13.8 Å². The number of halogens is 1. The molecule has 0 N–H and O–H groups in total. The fourth-order valence-electron chi connectivity index (χ4n) is 0.865. The molecule has 0 aliphatic carbocycles. The van der Waals surface area contributed by atoms with Crippen molar-refractivity contribution in [3.8, 4) is 0 Å². The van der Waals surface area contributed by atoms with E-state index in [1.807, 2.05) is 0 Å². The Bertz CT molecular complexity index is 338. The highest BCUT2D eigenvalue weighted by Gasteiger charge is 2.18. The maximum atomic E-state index is 10.5. The Kier molecular flexibility index (Phi) is 2.28. The van der Waals surface area contributed by atoms with Gasteiger partial charge in [0, 0.05) is 11.8 Å². The molecule has 0 saturated heterocycles. The summed E-state index contributed by atoms with van der Waals surface area (Å²) in [5, 5.41) is 10.4. The van der Waals surface area contributed by atoms with Crippen molar-refractivity contribution in [1.29, 1.82) is 0 Å². The zero-order chi connectivity index (χ0) is 9.30.